The maximum Gasteiger partial charge on any atom is 0.128 e. The Morgan fingerprint density at radius 3 is 2.32 bits per heavy atom. The highest BCUT2D eigenvalue weighted by Crippen LogP contribution is 2.30. The van der Waals surface area contributed by atoms with Crippen LogP contribution in [0, 0.1) is 0 Å². The molecule has 0 amide bonds. The second-order valence-electron chi connectivity index (χ2n) is 6.54. The van der Waals surface area contributed by atoms with Crippen molar-refractivity contribution in [1.29, 1.82) is 0 Å². The van der Waals surface area contributed by atoms with Gasteiger partial charge in [0.25, 0.3) is 0 Å². The van der Waals surface area contributed by atoms with Gasteiger partial charge in [0.05, 0.1) is 11.2 Å². The lowest BCUT2D eigenvalue weighted by Gasteiger charge is -2.47. The zero-order chi connectivity index (χ0) is 14.1. The van der Waals surface area contributed by atoms with E-state index in [0.29, 0.717) is 6.54 Å². The smallest absolute Gasteiger partial charge is 0.128 e. The first-order valence-corrected chi connectivity index (χ1v) is 6.91. The Morgan fingerprint density at radius 1 is 1.21 bits per heavy atom. The Hall–Kier alpha value is -1.13. The molecule has 1 aliphatic rings. The van der Waals surface area contributed by atoms with E-state index in [9.17, 15) is 0 Å². The zero-order valence-corrected chi connectivity index (χ0v) is 12.4. The number of nitrogens with two attached hydrogens (primary N) is 1. The van der Waals surface area contributed by atoms with Gasteiger partial charge in [-0.05, 0) is 52.3 Å². The summed E-state index contributed by atoms with van der Waals surface area (Å²) in [6, 6.07) is 4.20. The van der Waals surface area contributed by atoms with Gasteiger partial charge in [-0.3, -0.25) is 0 Å². The van der Waals surface area contributed by atoms with Gasteiger partial charge in [-0.1, -0.05) is 6.07 Å². The van der Waals surface area contributed by atoms with E-state index >= 15 is 0 Å². The van der Waals surface area contributed by atoms with Crippen LogP contribution in [0.25, 0.3) is 0 Å². The largest absolute Gasteiger partial charge is 0.366 e. The average molecular weight is 263 g/mol. The van der Waals surface area contributed by atoms with Crippen molar-refractivity contribution in [3.05, 3.63) is 23.9 Å². The van der Waals surface area contributed by atoms with Crippen LogP contribution in [0.4, 0.5) is 5.82 Å². The molecule has 2 rings (SSSR count). The van der Waals surface area contributed by atoms with Crippen molar-refractivity contribution >= 4 is 5.82 Å². The molecule has 0 spiro atoms. The third kappa shape index (κ3) is 3.67. The van der Waals surface area contributed by atoms with E-state index in [1.54, 1.807) is 0 Å². The SMILES string of the molecule is CC1(C)CN(c2ccc(CCN)cn2)CC(C)(C)O1. The summed E-state index contributed by atoms with van der Waals surface area (Å²) >= 11 is 0. The molecule has 0 aliphatic carbocycles. The Balaban J connectivity index is 2.16. The predicted molar refractivity (Wildman–Crippen MR) is 78.5 cm³/mol. The molecule has 2 heterocycles. The van der Waals surface area contributed by atoms with E-state index in [-0.39, 0.29) is 11.2 Å². The van der Waals surface area contributed by atoms with Gasteiger partial charge >= 0.3 is 0 Å². The molecule has 2 N–H and O–H groups in total. The lowest BCUT2D eigenvalue weighted by atomic mass is 9.99. The van der Waals surface area contributed by atoms with E-state index in [1.807, 2.05) is 6.20 Å². The van der Waals surface area contributed by atoms with E-state index in [1.165, 1.54) is 5.56 Å². The molecule has 0 aromatic carbocycles. The van der Waals surface area contributed by atoms with Gasteiger partial charge in [-0.25, -0.2) is 4.98 Å². The van der Waals surface area contributed by atoms with Crippen LogP contribution in [-0.4, -0.2) is 35.8 Å². The van der Waals surface area contributed by atoms with Crippen molar-refractivity contribution in [2.45, 2.75) is 45.3 Å². The van der Waals surface area contributed by atoms with E-state index < -0.39 is 0 Å². The first-order chi connectivity index (χ1) is 8.81. The van der Waals surface area contributed by atoms with Gasteiger partial charge in [0.2, 0.25) is 0 Å². The highest BCUT2D eigenvalue weighted by Gasteiger charge is 2.38. The summed E-state index contributed by atoms with van der Waals surface area (Å²) in [6.45, 7) is 10.9. The van der Waals surface area contributed by atoms with Crippen molar-refractivity contribution in [3.8, 4) is 0 Å². The number of hydrogen-bond donors (Lipinski definition) is 1. The molecule has 1 saturated heterocycles. The summed E-state index contributed by atoms with van der Waals surface area (Å²) in [4.78, 5) is 6.87. The van der Waals surface area contributed by atoms with Crippen LogP contribution in [0.3, 0.4) is 0 Å². The van der Waals surface area contributed by atoms with Gasteiger partial charge in [-0.2, -0.15) is 0 Å². The molecule has 1 aliphatic heterocycles. The molecule has 0 atom stereocenters. The van der Waals surface area contributed by atoms with Crippen LogP contribution >= 0.6 is 0 Å². The molecule has 4 heteroatoms. The van der Waals surface area contributed by atoms with Gasteiger partial charge in [0, 0.05) is 19.3 Å². The molecule has 0 bridgehead atoms. The molecular weight excluding hydrogens is 238 g/mol. The number of nitrogens with zero attached hydrogens (tertiary/aromatic N) is 2. The van der Waals surface area contributed by atoms with Crippen LogP contribution in [-0.2, 0) is 11.2 Å². The average Bonchev–Trinajstić information content (AvgIpc) is 2.26. The Labute approximate surface area is 116 Å². The standard InChI is InChI=1S/C15H25N3O/c1-14(2)10-18(11-15(3,4)19-14)13-6-5-12(7-8-16)9-17-13/h5-6,9H,7-8,10-11,16H2,1-4H3. The topological polar surface area (TPSA) is 51.4 Å². The van der Waals surface area contributed by atoms with Crippen LogP contribution in [0.2, 0.25) is 0 Å². The quantitative estimate of drug-likeness (QED) is 0.906. The molecule has 1 aromatic rings. The highest BCUT2D eigenvalue weighted by atomic mass is 16.5. The lowest BCUT2D eigenvalue weighted by molar-refractivity contribution is -0.133. The van der Waals surface area contributed by atoms with Crippen molar-refractivity contribution in [2.24, 2.45) is 5.73 Å². The summed E-state index contributed by atoms with van der Waals surface area (Å²) in [5.74, 6) is 1.02. The second kappa shape index (κ2) is 5.10. The lowest BCUT2D eigenvalue weighted by Crippen LogP contribution is -2.57. The maximum atomic E-state index is 6.09. The molecule has 0 unspecified atom stereocenters. The molecule has 19 heavy (non-hydrogen) atoms. The predicted octanol–water partition coefficient (Wildman–Crippen LogP) is 1.98. The zero-order valence-electron chi connectivity index (χ0n) is 12.4. The van der Waals surface area contributed by atoms with Crippen molar-refractivity contribution in [1.82, 2.24) is 4.98 Å². The van der Waals surface area contributed by atoms with Crippen molar-refractivity contribution in [2.75, 3.05) is 24.5 Å². The minimum atomic E-state index is -0.153. The number of ether oxygens (including phenoxy) is 1. The minimum Gasteiger partial charge on any atom is -0.366 e. The molecule has 4 nitrogen and oxygen atoms in total. The molecule has 106 valence electrons. The number of anilines is 1. The third-order valence-corrected chi connectivity index (χ3v) is 3.26. The Morgan fingerprint density at radius 2 is 1.84 bits per heavy atom. The van der Waals surface area contributed by atoms with E-state index in [2.05, 4.69) is 49.7 Å². The highest BCUT2D eigenvalue weighted by molar-refractivity contribution is 5.41. The molecule has 0 radical (unpaired) electrons. The first-order valence-electron chi connectivity index (χ1n) is 6.91. The number of pyridine rings is 1. The fourth-order valence-electron chi connectivity index (χ4n) is 2.87. The Bertz CT molecular complexity index is 410. The molecule has 0 saturated carbocycles. The molecular formula is C15H25N3O. The van der Waals surface area contributed by atoms with E-state index in [0.717, 1.165) is 25.3 Å². The summed E-state index contributed by atoms with van der Waals surface area (Å²) in [7, 11) is 0. The van der Waals surface area contributed by atoms with Gasteiger partial charge in [0.15, 0.2) is 0 Å². The number of hydrogen-bond acceptors (Lipinski definition) is 4. The van der Waals surface area contributed by atoms with Crippen LogP contribution in [0.1, 0.15) is 33.3 Å². The molecule has 1 fully saturated rings. The van der Waals surface area contributed by atoms with E-state index in [4.69, 9.17) is 10.5 Å². The summed E-state index contributed by atoms with van der Waals surface area (Å²) in [5.41, 5.74) is 6.44. The maximum absolute atomic E-state index is 6.09. The summed E-state index contributed by atoms with van der Waals surface area (Å²) in [5, 5.41) is 0. The van der Waals surface area contributed by atoms with Crippen molar-refractivity contribution in [3.63, 3.8) is 0 Å². The number of rotatable bonds is 3. The second-order valence-corrected chi connectivity index (χ2v) is 6.54. The normalized spacial score (nSPS) is 21.4. The number of aromatic nitrogens is 1. The first kappa shape index (κ1) is 14.3. The fraction of sp³-hybridized carbons (Fsp3) is 0.667. The molecule has 1 aromatic heterocycles. The van der Waals surface area contributed by atoms with Gasteiger partial charge < -0.3 is 15.4 Å². The Kier molecular flexibility index (Phi) is 3.83. The minimum absolute atomic E-state index is 0.153. The van der Waals surface area contributed by atoms with Crippen LogP contribution in [0.5, 0.6) is 0 Å². The summed E-state index contributed by atoms with van der Waals surface area (Å²) in [6.07, 6.45) is 2.81. The fourth-order valence-corrected chi connectivity index (χ4v) is 2.87. The third-order valence-electron chi connectivity index (χ3n) is 3.26. The van der Waals surface area contributed by atoms with Gasteiger partial charge in [0.1, 0.15) is 5.82 Å². The van der Waals surface area contributed by atoms with Crippen LogP contribution < -0.4 is 10.6 Å². The van der Waals surface area contributed by atoms with Gasteiger partial charge in [-0.15, -0.1) is 0 Å². The van der Waals surface area contributed by atoms with Crippen LogP contribution in [0.15, 0.2) is 18.3 Å². The number of morpholine rings is 1. The monoisotopic (exact) mass is 263 g/mol. The van der Waals surface area contributed by atoms with Crippen molar-refractivity contribution < 1.29 is 4.74 Å². The summed E-state index contributed by atoms with van der Waals surface area (Å²) < 4.78 is 6.09.